The maximum absolute atomic E-state index is 5.70. The van der Waals surface area contributed by atoms with Crippen molar-refractivity contribution < 1.29 is 4.74 Å². The van der Waals surface area contributed by atoms with Crippen LogP contribution in [0.1, 0.15) is 49.8 Å². The van der Waals surface area contributed by atoms with Crippen molar-refractivity contribution in [2.24, 2.45) is 0 Å². The average molecular weight is 257 g/mol. The first kappa shape index (κ1) is 14.0. The van der Waals surface area contributed by atoms with Crippen LogP contribution in [0.15, 0.2) is 18.2 Å². The second-order valence-electron chi connectivity index (χ2n) is 5.06. The Morgan fingerprint density at radius 1 is 1.47 bits per heavy atom. The van der Waals surface area contributed by atoms with Crippen molar-refractivity contribution in [3.63, 3.8) is 0 Å². The van der Waals surface area contributed by atoms with Crippen LogP contribution in [0.4, 0.5) is 0 Å². The second kappa shape index (κ2) is 7.21. The highest BCUT2D eigenvalue weighted by atomic mass is 16.5. The predicted octanol–water partition coefficient (Wildman–Crippen LogP) is 3.47. The van der Waals surface area contributed by atoms with Crippen LogP contribution < -0.4 is 10.1 Å². The molecule has 1 atom stereocenters. The van der Waals surface area contributed by atoms with Gasteiger partial charge in [0.05, 0.1) is 6.61 Å². The van der Waals surface area contributed by atoms with Crippen molar-refractivity contribution in [3.05, 3.63) is 29.3 Å². The largest absolute Gasteiger partial charge is 0.493 e. The minimum Gasteiger partial charge on any atom is -0.493 e. The molecule has 0 aliphatic heterocycles. The van der Waals surface area contributed by atoms with Crippen LogP contribution in [0.25, 0.3) is 0 Å². The number of aryl methyl sites for hydroxylation is 1. The van der Waals surface area contributed by atoms with Crippen LogP contribution in [0, 0.1) is 12.3 Å². The summed E-state index contributed by atoms with van der Waals surface area (Å²) in [5, 5.41) is 3.63. The van der Waals surface area contributed by atoms with Gasteiger partial charge in [-0.05, 0) is 55.5 Å². The number of nitrogens with one attached hydrogen (secondary N) is 1. The van der Waals surface area contributed by atoms with Crippen LogP contribution in [0.3, 0.4) is 0 Å². The molecule has 0 amide bonds. The molecule has 1 aromatic rings. The van der Waals surface area contributed by atoms with E-state index in [0.29, 0.717) is 19.1 Å². The molecule has 0 saturated heterocycles. The van der Waals surface area contributed by atoms with Gasteiger partial charge in [-0.25, -0.2) is 0 Å². The molecular formula is C17H23NO. The third-order valence-electron chi connectivity index (χ3n) is 3.59. The van der Waals surface area contributed by atoms with E-state index in [0.717, 1.165) is 12.3 Å². The summed E-state index contributed by atoms with van der Waals surface area (Å²) in [5.74, 6) is 3.54. The van der Waals surface area contributed by atoms with Crippen molar-refractivity contribution in [2.75, 3.05) is 13.2 Å². The molecule has 1 aliphatic carbocycles. The molecule has 1 unspecified atom stereocenters. The van der Waals surface area contributed by atoms with Gasteiger partial charge in [-0.2, -0.15) is 0 Å². The number of hydrogen-bond donors (Lipinski definition) is 1. The fourth-order valence-corrected chi connectivity index (χ4v) is 2.63. The first-order valence-corrected chi connectivity index (χ1v) is 7.27. The molecule has 0 radical (unpaired) electrons. The van der Waals surface area contributed by atoms with Gasteiger partial charge in [0.1, 0.15) is 5.75 Å². The van der Waals surface area contributed by atoms with E-state index in [1.807, 2.05) is 0 Å². The first-order chi connectivity index (χ1) is 9.35. The standard InChI is InChI=1S/C17H23NO/c1-3-5-12-19-15-10-9-14-7-6-8-17(16(14)13-15)18-11-4-2/h1,9-10,13,17-18H,4-8,11-12H2,2H3. The number of benzene rings is 1. The molecule has 1 aliphatic rings. The summed E-state index contributed by atoms with van der Waals surface area (Å²) in [4.78, 5) is 0. The minimum absolute atomic E-state index is 0.486. The topological polar surface area (TPSA) is 21.3 Å². The Balaban J connectivity index is 2.08. The van der Waals surface area contributed by atoms with Gasteiger partial charge in [0, 0.05) is 12.5 Å². The summed E-state index contributed by atoms with van der Waals surface area (Å²) in [6, 6.07) is 6.95. The van der Waals surface area contributed by atoms with E-state index in [-0.39, 0.29) is 0 Å². The number of rotatable bonds is 6. The summed E-state index contributed by atoms with van der Waals surface area (Å²) in [7, 11) is 0. The van der Waals surface area contributed by atoms with E-state index in [1.165, 1.54) is 36.8 Å². The molecule has 0 heterocycles. The third kappa shape index (κ3) is 3.75. The van der Waals surface area contributed by atoms with E-state index in [9.17, 15) is 0 Å². The lowest BCUT2D eigenvalue weighted by molar-refractivity contribution is 0.325. The number of ether oxygens (including phenoxy) is 1. The zero-order valence-electron chi connectivity index (χ0n) is 11.7. The lowest BCUT2D eigenvalue weighted by atomic mass is 9.87. The molecule has 2 nitrogen and oxygen atoms in total. The van der Waals surface area contributed by atoms with Crippen LogP contribution in [-0.4, -0.2) is 13.2 Å². The monoisotopic (exact) mass is 257 g/mol. The van der Waals surface area contributed by atoms with Gasteiger partial charge < -0.3 is 10.1 Å². The van der Waals surface area contributed by atoms with Gasteiger partial charge in [0.15, 0.2) is 0 Å². The molecule has 2 heteroatoms. The fraction of sp³-hybridized carbons (Fsp3) is 0.529. The molecule has 0 saturated carbocycles. The summed E-state index contributed by atoms with van der Waals surface area (Å²) >= 11 is 0. The Kier molecular flexibility index (Phi) is 5.30. The summed E-state index contributed by atoms with van der Waals surface area (Å²) < 4.78 is 5.70. The van der Waals surface area contributed by atoms with Crippen molar-refractivity contribution in [1.29, 1.82) is 0 Å². The SMILES string of the molecule is C#CCCOc1ccc2c(c1)C(NCCC)CCC2. The van der Waals surface area contributed by atoms with Crippen LogP contribution in [0.5, 0.6) is 5.75 Å². The quantitative estimate of drug-likeness (QED) is 0.622. The van der Waals surface area contributed by atoms with E-state index in [1.54, 1.807) is 0 Å². The van der Waals surface area contributed by atoms with Crippen LogP contribution in [0.2, 0.25) is 0 Å². The van der Waals surface area contributed by atoms with Gasteiger partial charge in [0.25, 0.3) is 0 Å². The highest BCUT2D eigenvalue weighted by Gasteiger charge is 2.19. The average Bonchev–Trinajstić information content (AvgIpc) is 2.45. The molecule has 2 rings (SSSR count). The zero-order chi connectivity index (χ0) is 13.5. The summed E-state index contributed by atoms with van der Waals surface area (Å²) in [5.41, 5.74) is 2.88. The van der Waals surface area contributed by atoms with Gasteiger partial charge in [-0.3, -0.25) is 0 Å². The van der Waals surface area contributed by atoms with E-state index >= 15 is 0 Å². The molecule has 102 valence electrons. The molecule has 0 fully saturated rings. The zero-order valence-corrected chi connectivity index (χ0v) is 11.7. The lowest BCUT2D eigenvalue weighted by Crippen LogP contribution is -2.25. The molecule has 0 aromatic heterocycles. The molecular weight excluding hydrogens is 234 g/mol. The maximum Gasteiger partial charge on any atom is 0.119 e. The number of fused-ring (bicyclic) bond motifs is 1. The number of hydrogen-bond acceptors (Lipinski definition) is 2. The van der Waals surface area contributed by atoms with Gasteiger partial charge in [0.2, 0.25) is 0 Å². The van der Waals surface area contributed by atoms with Gasteiger partial charge in [-0.1, -0.05) is 13.0 Å². The first-order valence-electron chi connectivity index (χ1n) is 7.27. The fourth-order valence-electron chi connectivity index (χ4n) is 2.63. The van der Waals surface area contributed by atoms with Crippen molar-refractivity contribution in [2.45, 2.75) is 45.1 Å². The molecule has 19 heavy (non-hydrogen) atoms. The Morgan fingerprint density at radius 3 is 3.16 bits per heavy atom. The molecule has 0 bridgehead atoms. The maximum atomic E-state index is 5.70. The summed E-state index contributed by atoms with van der Waals surface area (Å²) in [6.45, 7) is 3.88. The third-order valence-corrected chi connectivity index (χ3v) is 3.59. The Morgan fingerprint density at radius 2 is 2.37 bits per heavy atom. The highest BCUT2D eigenvalue weighted by Crippen LogP contribution is 2.32. The summed E-state index contributed by atoms with van der Waals surface area (Å²) in [6.07, 6.45) is 10.7. The van der Waals surface area contributed by atoms with Crippen molar-refractivity contribution in [1.82, 2.24) is 5.32 Å². The molecule has 1 N–H and O–H groups in total. The highest BCUT2D eigenvalue weighted by molar-refractivity contribution is 5.39. The Bertz CT molecular complexity index is 447. The van der Waals surface area contributed by atoms with E-state index < -0.39 is 0 Å². The second-order valence-corrected chi connectivity index (χ2v) is 5.06. The minimum atomic E-state index is 0.486. The van der Waals surface area contributed by atoms with Gasteiger partial charge >= 0.3 is 0 Å². The van der Waals surface area contributed by atoms with Crippen molar-refractivity contribution >= 4 is 0 Å². The normalized spacial score (nSPS) is 17.6. The Hall–Kier alpha value is -1.46. The molecule has 0 spiro atoms. The molecule has 1 aromatic carbocycles. The van der Waals surface area contributed by atoms with E-state index in [4.69, 9.17) is 11.2 Å². The van der Waals surface area contributed by atoms with Gasteiger partial charge in [-0.15, -0.1) is 12.3 Å². The Labute approximate surface area is 116 Å². The van der Waals surface area contributed by atoms with E-state index in [2.05, 4.69) is 36.4 Å². The van der Waals surface area contributed by atoms with Crippen LogP contribution >= 0.6 is 0 Å². The van der Waals surface area contributed by atoms with Crippen molar-refractivity contribution in [3.8, 4) is 18.1 Å². The number of terminal acetylenes is 1. The smallest absolute Gasteiger partial charge is 0.119 e. The predicted molar refractivity (Wildman–Crippen MR) is 79.4 cm³/mol. The lowest BCUT2D eigenvalue weighted by Gasteiger charge is -2.27. The van der Waals surface area contributed by atoms with Crippen LogP contribution in [-0.2, 0) is 6.42 Å².